The van der Waals surface area contributed by atoms with Crippen LogP contribution in [0.15, 0.2) is 24.3 Å². The van der Waals surface area contributed by atoms with E-state index >= 15 is 0 Å². The van der Waals surface area contributed by atoms with Crippen LogP contribution in [0.2, 0.25) is 0 Å². The van der Waals surface area contributed by atoms with Crippen LogP contribution in [0.3, 0.4) is 0 Å². The normalized spacial score (nSPS) is 14.4. The highest BCUT2D eigenvalue weighted by Crippen LogP contribution is 2.07. The molecule has 0 saturated heterocycles. The Hall–Kier alpha value is -0.560. The number of rotatable bonds is 7. The van der Waals surface area contributed by atoms with Gasteiger partial charge in [-0.3, -0.25) is 0 Å². The second-order valence-corrected chi connectivity index (χ2v) is 3.17. The maximum Gasteiger partial charge on any atom is 0.0531 e. The molecule has 0 aliphatic rings. The fraction of sp³-hybridized carbons (Fsp3) is 0.667. The van der Waals surface area contributed by atoms with Crippen molar-refractivity contribution in [3.63, 3.8) is 0 Å². The molecular weight excluding hydrogens is 160 g/mol. The van der Waals surface area contributed by atoms with Gasteiger partial charge in [-0.15, -0.1) is 0 Å². The van der Waals surface area contributed by atoms with Crippen LogP contribution in [-0.2, 0) is 4.74 Å². The zero-order valence-electron chi connectivity index (χ0n) is 9.12. The molecule has 1 heteroatoms. The summed E-state index contributed by atoms with van der Waals surface area (Å²) in [5.74, 6) is 0.549. The number of ether oxygens (including phenoxy) is 1. The Morgan fingerprint density at radius 1 is 1.23 bits per heavy atom. The first-order valence-corrected chi connectivity index (χ1v) is 5.16. The van der Waals surface area contributed by atoms with Crippen molar-refractivity contribution in [2.75, 3.05) is 13.2 Å². The predicted molar refractivity (Wildman–Crippen MR) is 58.8 cm³/mol. The second kappa shape index (κ2) is 9.53. The molecule has 0 aliphatic heterocycles. The molecule has 0 saturated carbocycles. The molecule has 76 valence electrons. The minimum Gasteiger partial charge on any atom is -0.381 e. The van der Waals surface area contributed by atoms with Crippen molar-refractivity contribution >= 4 is 0 Å². The highest BCUT2D eigenvalue weighted by atomic mass is 16.5. The molecule has 0 N–H and O–H groups in total. The molecule has 0 heterocycles. The van der Waals surface area contributed by atoms with Gasteiger partial charge in [-0.05, 0) is 26.7 Å². The Kier molecular flexibility index (Phi) is 9.12. The molecule has 0 aliphatic carbocycles. The SMILES string of the molecule is CC=CCC(C=CC)COCCC. The first-order chi connectivity index (χ1) is 6.35. The third-order valence-corrected chi connectivity index (χ3v) is 1.82. The summed E-state index contributed by atoms with van der Waals surface area (Å²) in [6, 6.07) is 0. The highest BCUT2D eigenvalue weighted by Gasteiger charge is 2.01. The molecule has 0 bridgehead atoms. The van der Waals surface area contributed by atoms with E-state index in [2.05, 4.69) is 45.1 Å². The predicted octanol–water partition coefficient (Wildman–Crippen LogP) is 3.57. The molecule has 0 aromatic heterocycles. The molecule has 13 heavy (non-hydrogen) atoms. The van der Waals surface area contributed by atoms with E-state index in [0.717, 1.165) is 26.1 Å². The standard InChI is InChI=1S/C12H22O/c1-4-7-9-12(8-5-2)11-13-10-6-3/h4-5,7-8,12H,6,9-11H2,1-3H3. The van der Waals surface area contributed by atoms with Crippen LogP contribution in [0.4, 0.5) is 0 Å². The summed E-state index contributed by atoms with van der Waals surface area (Å²) in [4.78, 5) is 0. The highest BCUT2D eigenvalue weighted by molar-refractivity contribution is 4.91. The molecule has 0 aromatic rings. The van der Waals surface area contributed by atoms with Crippen molar-refractivity contribution in [1.29, 1.82) is 0 Å². The first kappa shape index (κ1) is 12.4. The van der Waals surface area contributed by atoms with Gasteiger partial charge in [-0.2, -0.15) is 0 Å². The summed E-state index contributed by atoms with van der Waals surface area (Å²) in [5.41, 5.74) is 0. The molecule has 0 amide bonds. The van der Waals surface area contributed by atoms with Crippen molar-refractivity contribution in [3.05, 3.63) is 24.3 Å². The molecule has 0 radical (unpaired) electrons. The summed E-state index contributed by atoms with van der Waals surface area (Å²) in [7, 11) is 0. The topological polar surface area (TPSA) is 9.23 Å². The summed E-state index contributed by atoms with van der Waals surface area (Å²) in [6.45, 7) is 7.98. The molecule has 0 fully saturated rings. The second-order valence-electron chi connectivity index (χ2n) is 3.17. The van der Waals surface area contributed by atoms with E-state index in [1.807, 2.05) is 0 Å². The van der Waals surface area contributed by atoms with E-state index in [0.29, 0.717) is 5.92 Å². The van der Waals surface area contributed by atoms with Gasteiger partial charge in [0.2, 0.25) is 0 Å². The van der Waals surface area contributed by atoms with Gasteiger partial charge in [-0.1, -0.05) is 31.2 Å². The fourth-order valence-corrected chi connectivity index (χ4v) is 1.16. The Morgan fingerprint density at radius 2 is 2.00 bits per heavy atom. The van der Waals surface area contributed by atoms with Crippen molar-refractivity contribution in [3.8, 4) is 0 Å². The van der Waals surface area contributed by atoms with Gasteiger partial charge in [0.15, 0.2) is 0 Å². The van der Waals surface area contributed by atoms with Gasteiger partial charge in [0.25, 0.3) is 0 Å². The Morgan fingerprint density at radius 3 is 2.54 bits per heavy atom. The van der Waals surface area contributed by atoms with E-state index < -0.39 is 0 Å². The molecule has 1 atom stereocenters. The van der Waals surface area contributed by atoms with Gasteiger partial charge in [0.1, 0.15) is 0 Å². The van der Waals surface area contributed by atoms with Crippen LogP contribution in [0.1, 0.15) is 33.6 Å². The van der Waals surface area contributed by atoms with Crippen LogP contribution in [0.25, 0.3) is 0 Å². The third-order valence-electron chi connectivity index (χ3n) is 1.82. The number of hydrogen-bond donors (Lipinski definition) is 0. The van der Waals surface area contributed by atoms with E-state index in [4.69, 9.17) is 4.74 Å². The summed E-state index contributed by atoms with van der Waals surface area (Å²) >= 11 is 0. The first-order valence-electron chi connectivity index (χ1n) is 5.16. The number of hydrogen-bond acceptors (Lipinski definition) is 1. The van der Waals surface area contributed by atoms with Gasteiger partial charge < -0.3 is 4.74 Å². The van der Waals surface area contributed by atoms with Crippen molar-refractivity contribution < 1.29 is 4.74 Å². The lowest BCUT2D eigenvalue weighted by molar-refractivity contribution is 0.114. The van der Waals surface area contributed by atoms with Crippen LogP contribution in [0.5, 0.6) is 0 Å². The van der Waals surface area contributed by atoms with Gasteiger partial charge >= 0.3 is 0 Å². The van der Waals surface area contributed by atoms with E-state index in [9.17, 15) is 0 Å². The monoisotopic (exact) mass is 182 g/mol. The molecule has 0 spiro atoms. The largest absolute Gasteiger partial charge is 0.381 e. The average molecular weight is 182 g/mol. The fourth-order valence-electron chi connectivity index (χ4n) is 1.16. The quantitative estimate of drug-likeness (QED) is 0.432. The average Bonchev–Trinajstić information content (AvgIpc) is 2.14. The van der Waals surface area contributed by atoms with E-state index in [-0.39, 0.29) is 0 Å². The van der Waals surface area contributed by atoms with Crippen LogP contribution in [-0.4, -0.2) is 13.2 Å². The van der Waals surface area contributed by atoms with Crippen molar-refractivity contribution in [2.45, 2.75) is 33.6 Å². The van der Waals surface area contributed by atoms with E-state index in [1.54, 1.807) is 0 Å². The van der Waals surface area contributed by atoms with Crippen molar-refractivity contribution in [1.82, 2.24) is 0 Å². The van der Waals surface area contributed by atoms with Crippen LogP contribution in [0, 0.1) is 5.92 Å². The Labute approximate surface area is 82.5 Å². The van der Waals surface area contributed by atoms with Gasteiger partial charge in [-0.25, -0.2) is 0 Å². The molecular formula is C12H22O. The van der Waals surface area contributed by atoms with Gasteiger partial charge in [0.05, 0.1) is 6.61 Å². The minimum absolute atomic E-state index is 0.549. The lowest BCUT2D eigenvalue weighted by Crippen LogP contribution is -2.06. The minimum atomic E-state index is 0.549. The van der Waals surface area contributed by atoms with Gasteiger partial charge in [0, 0.05) is 12.5 Å². The zero-order valence-corrected chi connectivity index (χ0v) is 9.12. The van der Waals surface area contributed by atoms with Crippen LogP contribution < -0.4 is 0 Å². The molecule has 1 nitrogen and oxygen atoms in total. The van der Waals surface area contributed by atoms with Crippen LogP contribution >= 0.6 is 0 Å². The lowest BCUT2D eigenvalue weighted by Gasteiger charge is -2.10. The Bertz CT molecular complexity index is 147. The zero-order chi connectivity index (χ0) is 9.94. The summed E-state index contributed by atoms with van der Waals surface area (Å²) in [6.07, 6.45) is 10.8. The third kappa shape index (κ3) is 7.79. The summed E-state index contributed by atoms with van der Waals surface area (Å²) in [5, 5.41) is 0. The number of allylic oxidation sites excluding steroid dienone is 3. The lowest BCUT2D eigenvalue weighted by atomic mass is 10.1. The van der Waals surface area contributed by atoms with Crippen molar-refractivity contribution in [2.24, 2.45) is 5.92 Å². The maximum atomic E-state index is 5.51. The maximum absolute atomic E-state index is 5.51. The molecule has 1 unspecified atom stereocenters. The molecule has 0 rings (SSSR count). The summed E-state index contributed by atoms with van der Waals surface area (Å²) < 4.78 is 5.51. The Balaban J connectivity index is 3.66. The smallest absolute Gasteiger partial charge is 0.0531 e. The molecule has 0 aromatic carbocycles. The van der Waals surface area contributed by atoms with E-state index in [1.165, 1.54) is 0 Å².